The van der Waals surface area contributed by atoms with E-state index in [2.05, 4.69) is 18.8 Å². The summed E-state index contributed by atoms with van der Waals surface area (Å²) in [6.07, 6.45) is 6.04. The third kappa shape index (κ3) is 1.54. The molecule has 0 radical (unpaired) electrons. The van der Waals surface area contributed by atoms with Crippen LogP contribution in [0.3, 0.4) is 0 Å². The highest BCUT2D eigenvalue weighted by Crippen LogP contribution is 2.34. The van der Waals surface area contributed by atoms with Crippen molar-refractivity contribution >= 4 is 21.6 Å². The molecule has 0 aromatic carbocycles. The van der Waals surface area contributed by atoms with E-state index in [0.717, 1.165) is 29.5 Å². The molecule has 0 N–H and O–H groups in total. The fourth-order valence-electron chi connectivity index (χ4n) is 2.51. The minimum atomic E-state index is 0.156. The van der Waals surface area contributed by atoms with E-state index in [-0.39, 0.29) is 11.6 Å². The lowest BCUT2D eigenvalue weighted by molar-refractivity contribution is 0.511. The van der Waals surface area contributed by atoms with E-state index in [1.807, 2.05) is 0 Å². The molecule has 3 rings (SSSR count). The molecule has 0 saturated heterocycles. The average Bonchev–Trinajstić information content (AvgIpc) is 2.88. The summed E-state index contributed by atoms with van der Waals surface area (Å²) < 4.78 is 1.79. The zero-order chi connectivity index (χ0) is 12.0. The molecule has 4 heteroatoms. The highest BCUT2D eigenvalue weighted by atomic mass is 32.1. The van der Waals surface area contributed by atoms with Crippen LogP contribution >= 0.6 is 11.3 Å². The van der Waals surface area contributed by atoms with Gasteiger partial charge in [0.1, 0.15) is 4.83 Å². The SMILES string of the molecule is CCC(C)n1cnc2sc3c(c2c1=O)CCC3. The molecule has 0 fully saturated rings. The number of nitrogens with zero attached hydrogens (tertiary/aromatic N) is 2. The minimum Gasteiger partial charge on any atom is -0.296 e. The minimum absolute atomic E-state index is 0.156. The molecule has 1 aliphatic rings. The second-order valence-corrected chi connectivity index (χ2v) is 5.84. The first-order valence-electron chi connectivity index (χ1n) is 6.23. The monoisotopic (exact) mass is 248 g/mol. The molecule has 0 amide bonds. The van der Waals surface area contributed by atoms with E-state index < -0.39 is 0 Å². The Morgan fingerprint density at radius 1 is 1.53 bits per heavy atom. The average molecular weight is 248 g/mol. The van der Waals surface area contributed by atoms with Gasteiger partial charge < -0.3 is 0 Å². The quantitative estimate of drug-likeness (QED) is 0.819. The Bertz CT molecular complexity index is 626. The van der Waals surface area contributed by atoms with Crippen LogP contribution in [0.2, 0.25) is 0 Å². The normalized spacial score (nSPS) is 16.4. The third-order valence-electron chi connectivity index (χ3n) is 3.72. The summed E-state index contributed by atoms with van der Waals surface area (Å²) >= 11 is 1.70. The van der Waals surface area contributed by atoms with E-state index in [0.29, 0.717) is 0 Å². The number of aryl methyl sites for hydroxylation is 2. The number of hydrogen-bond acceptors (Lipinski definition) is 3. The molecular weight excluding hydrogens is 232 g/mol. The van der Waals surface area contributed by atoms with Crippen molar-refractivity contribution in [1.82, 2.24) is 9.55 Å². The number of thiophene rings is 1. The maximum absolute atomic E-state index is 12.5. The van der Waals surface area contributed by atoms with Gasteiger partial charge in [-0.05, 0) is 38.2 Å². The van der Waals surface area contributed by atoms with E-state index in [1.54, 1.807) is 22.2 Å². The number of aromatic nitrogens is 2. The van der Waals surface area contributed by atoms with Crippen LogP contribution in [0.5, 0.6) is 0 Å². The topological polar surface area (TPSA) is 34.9 Å². The van der Waals surface area contributed by atoms with Gasteiger partial charge in [0, 0.05) is 10.9 Å². The Morgan fingerprint density at radius 2 is 2.35 bits per heavy atom. The Morgan fingerprint density at radius 3 is 3.12 bits per heavy atom. The Labute approximate surface area is 104 Å². The van der Waals surface area contributed by atoms with Gasteiger partial charge in [-0.3, -0.25) is 9.36 Å². The lowest BCUT2D eigenvalue weighted by atomic mass is 10.2. The molecule has 2 aromatic heterocycles. The smallest absolute Gasteiger partial charge is 0.262 e. The second-order valence-electron chi connectivity index (χ2n) is 4.75. The summed E-state index contributed by atoms with van der Waals surface area (Å²) in [5.41, 5.74) is 1.43. The molecule has 1 aliphatic carbocycles. The molecule has 0 saturated carbocycles. The van der Waals surface area contributed by atoms with Crippen LogP contribution in [0.25, 0.3) is 10.2 Å². The first kappa shape index (κ1) is 11.0. The molecule has 17 heavy (non-hydrogen) atoms. The molecule has 1 unspecified atom stereocenters. The molecule has 0 bridgehead atoms. The molecule has 90 valence electrons. The molecule has 3 nitrogen and oxygen atoms in total. The van der Waals surface area contributed by atoms with Gasteiger partial charge in [0.2, 0.25) is 0 Å². The van der Waals surface area contributed by atoms with Gasteiger partial charge in [0.05, 0.1) is 11.7 Å². The Balaban J connectivity index is 2.30. The van der Waals surface area contributed by atoms with Crippen LogP contribution in [0.1, 0.15) is 43.2 Å². The second kappa shape index (κ2) is 3.95. The summed E-state index contributed by atoms with van der Waals surface area (Å²) in [4.78, 5) is 19.2. The summed E-state index contributed by atoms with van der Waals surface area (Å²) in [6.45, 7) is 4.17. The van der Waals surface area contributed by atoms with Crippen molar-refractivity contribution < 1.29 is 0 Å². The molecule has 2 aromatic rings. The lowest BCUT2D eigenvalue weighted by Gasteiger charge is -2.11. The van der Waals surface area contributed by atoms with Crippen LogP contribution in [0, 0.1) is 0 Å². The maximum atomic E-state index is 12.5. The van der Waals surface area contributed by atoms with Crippen molar-refractivity contribution in [2.75, 3.05) is 0 Å². The Kier molecular flexibility index (Phi) is 2.54. The van der Waals surface area contributed by atoms with Gasteiger partial charge in [-0.2, -0.15) is 0 Å². The van der Waals surface area contributed by atoms with E-state index in [4.69, 9.17) is 0 Å². The highest BCUT2D eigenvalue weighted by molar-refractivity contribution is 7.18. The zero-order valence-electron chi connectivity index (χ0n) is 10.2. The molecular formula is C13H16N2OS. The maximum Gasteiger partial charge on any atom is 0.262 e. The van der Waals surface area contributed by atoms with Crippen LogP contribution < -0.4 is 5.56 Å². The molecule has 2 heterocycles. The molecule has 1 atom stereocenters. The summed E-state index contributed by atoms with van der Waals surface area (Å²) in [7, 11) is 0. The first-order valence-corrected chi connectivity index (χ1v) is 7.05. The van der Waals surface area contributed by atoms with Gasteiger partial charge in [-0.15, -0.1) is 11.3 Å². The Hall–Kier alpha value is -1.16. The van der Waals surface area contributed by atoms with E-state index in [9.17, 15) is 4.79 Å². The fourth-order valence-corrected chi connectivity index (χ4v) is 3.73. The highest BCUT2D eigenvalue weighted by Gasteiger charge is 2.21. The van der Waals surface area contributed by atoms with Crippen molar-refractivity contribution in [1.29, 1.82) is 0 Å². The molecule has 0 spiro atoms. The van der Waals surface area contributed by atoms with Crippen LogP contribution in [0.4, 0.5) is 0 Å². The first-order chi connectivity index (χ1) is 8.22. The van der Waals surface area contributed by atoms with Crippen LogP contribution in [-0.4, -0.2) is 9.55 Å². The summed E-state index contributed by atoms with van der Waals surface area (Å²) in [5, 5.41) is 0.894. The van der Waals surface area contributed by atoms with Gasteiger partial charge in [0.15, 0.2) is 0 Å². The molecule has 0 aliphatic heterocycles. The summed E-state index contributed by atoms with van der Waals surface area (Å²) in [5.74, 6) is 0. The third-order valence-corrected chi connectivity index (χ3v) is 4.92. The van der Waals surface area contributed by atoms with Gasteiger partial charge in [-0.1, -0.05) is 6.92 Å². The predicted octanol–water partition coefficient (Wildman–Crippen LogP) is 2.92. The van der Waals surface area contributed by atoms with E-state index >= 15 is 0 Å². The lowest BCUT2D eigenvalue weighted by Crippen LogP contribution is -2.23. The van der Waals surface area contributed by atoms with Crippen molar-refractivity contribution in [2.24, 2.45) is 0 Å². The van der Waals surface area contributed by atoms with Gasteiger partial charge in [0.25, 0.3) is 5.56 Å². The number of fused-ring (bicyclic) bond motifs is 3. The van der Waals surface area contributed by atoms with Crippen molar-refractivity contribution in [2.45, 2.75) is 45.6 Å². The van der Waals surface area contributed by atoms with Crippen LogP contribution in [-0.2, 0) is 12.8 Å². The van der Waals surface area contributed by atoms with Gasteiger partial charge in [-0.25, -0.2) is 4.98 Å². The number of hydrogen-bond donors (Lipinski definition) is 0. The zero-order valence-corrected chi connectivity index (χ0v) is 11.0. The standard InChI is InChI=1S/C13H16N2OS/c1-3-8(2)15-7-14-12-11(13(15)16)9-5-4-6-10(9)17-12/h7-8H,3-6H2,1-2H3. The van der Waals surface area contributed by atoms with Crippen molar-refractivity contribution in [3.8, 4) is 0 Å². The predicted molar refractivity (Wildman–Crippen MR) is 70.9 cm³/mol. The number of rotatable bonds is 2. The van der Waals surface area contributed by atoms with Crippen molar-refractivity contribution in [3.05, 3.63) is 27.1 Å². The van der Waals surface area contributed by atoms with E-state index in [1.165, 1.54) is 16.9 Å². The summed E-state index contributed by atoms with van der Waals surface area (Å²) in [6, 6.07) is 0.233. The van der Waals surface area contributed by atoms with Crippen molar-refractivity contribution in [3.63, 3.8) is 0 Å². The van der Waals surface area contributed by atoms with Gasteiger partial charge >= 0.3 is 0 Å². The fraction of sp³-hybridized carbons (Fsp3) is 0.538. The largest absolute Gasteiger partial charge is 0.296 e. The van der Waals surface area contributed by atoms with Crippen LogP contribution in [0.15, 0.2) is 11.1 Å².